The molecule has 2 rings (SSSR count). The minimum absolute atomic E-state index is 0.0940. The van der Waals surface area contributed by atoms with E-state index >= 15 is 0 Å². The van der Waals surface area contributed by atoms with Gasteiger partial charge in [0.15, 0.2) is 5.78 Å². The maximum Gasteiger partial charge on any atom is 0.199 e. The number of benzene rings is 2. The van der Waals surface area contributed by atoms with Crippen LogP contribution >= 0.6 is 0 Å². The van der Waals surface area contributed by atoms with Crippen molar-refractivity contribution in [2.24, 2.45) is 0 Å². The van der Waals surface area contributed by atoms with Gasteiger partial charge in [0.25, 0.3) is 0 Å². The molecule has 0 radical (unpaired) electrons. The van der Waals surface area contributed by atoms with E-state index in [0.29, 0.717) is 11.5 Å². The van der Waals surface area contributed by atoms with Gasteiger partial charge in [-0.25, -0.2) is 4.39 Å². The minimum atomic E-state index is -0.524. The zero-order chi connectivity index (χ0) is 14.7. The topological polar surface area (TPSA) is 61.5 Å². The molecule has 0 atom stereocenters. The first-order valence-electron chi connectivity index (χ1n) is 5.88. The van der Waals surface area contributed by atoms with E-state index in [0.717, 1.165) is 6.07 Å². The first-order valence-corrected chi connectivity index (χ1v) is 5.88. The number of hydrogen-bond acceptors (Lipinski definition) is 4. The smallest absolute Gasteiger partial charge is 0.199 e. The van der Waals surface area contributed by atoms with E-state index in [-0.39, 0.29) is 16.8 Å². The second-order valence-corrected chi connectivity index (χ2v) is 4.13. The van der Waals surface area contributed by atoms with Gasteiger partial charge in [-0.3, -0.25) is 4.79 Å². The van der Waals surface area contributed by atoms with Crippen LogP contribution in [0, 0.1) is 5.82 Å². The summed E-state index contributed by atoms with van der Waals surface area (Å²) in [6, 6.07) is 8.48. The molecule has 0 spiro atoms. The summed E-state index contributed by atoms with van der Waals surface area (Å²) in [5.74, 6) is -0.0641. The summed E-state index contributed by atoms with van der Waals surface area (Å²) < 4.78 is 23.5. The third-order valence-electron chi connectivity index (χ3n) is 2.91. The number of ether oxygens (including phenoxy) is 2. The number of carbonyl (C=O) groups is 1. The van der Waals surface area contributed by atoms with E-state index in [2.05, 4.69) is 0 Å². The fourth-order valence-corrected chi connectivity index (χ4v) is 1.86. The molecule has 0 amide bonds. The first kappa shape index (κ1) is 13.9. The van der Waals surface area contributed by atoms with Crippen molar-refractivity contribution in [1.29, 1.82) is 0 Å². The van der Waals surface area contributed by atoms with Crippen LogP contribution in [-0.4, -0.2) is 20.0 Å². The van der Waals surface area contributed by atoms with Crippen LogP contribution in [0.3, 0.4) is 0 Å². The molecule has 5 heteroatoms. The fourth-order valence-electron chi connectivity index (χ4n) is 1.86. The molecule has 2 N–H and O–H groups in total. The Morgan fingerprint density at radius 1 is 1.05 bits per heavy atom. The molecule has 2 aromatic carbocycles. The second kappa shape index (κ2) is 5.61. The van der Waals surface area contributed by atoms with Gasteiger partial charge in [-0.05, 0) is 36.4 Å². The molecule has 104 valence electrons. The molecule has 20 heavy (non-hydrogen) atoms. The zero-order valence-corrected chi connectivity index (χ0v) is 11.1. The Kier molecular flexibility index (Phi) is 3.89. The molecule has 2 aromatic rings. The predicted octanol–water partition coefficient (Wildman–Crippen LogP) is 2.66. The lowest BCUT2D eigenvalue weighted by molar-refractivity contribution is 0.103. The summed E-state index contributed by atoms with van der Waals surface area (Å²) in [5.41, 5.74) is 6.30. The van der Waals surface area contributed by atoms with Gasteiger partial charge in [0.1, 0.15) is 17.3 Å². The van der Waals surface area contributed by atoms with Crippen molar-refractivity contribution >= 4 is 11.5 Å². The van der Waals surface area contributed by atoms with Crippen LogP contribution in [0.15, 0.2) is 36.4 Å². The number of anilines is 1. The van der Waals surface area contributed by atoms with Crippen LogP contribution in [-0.2, 0) is 0 Å². The highest BCUT2D eigenvalue weighted by molar-refractivity contribution is 6.13. The first-order chi connectivity index (χ1) is 9.56. The largest absolute Gasteiger partial charge is 0.497 e. The average molecular weight is 275 g/mol. The maximum absolute atomic E-state index is 13.3. The van der Waals surface area contributed by atoms with Crippen LogP contribution in [0.4, 0.5) is 10.1 Å². The van der Waals surface area contributed by atoms with Crippen molar-refractivity contribution in [2.75, 3.05) is 20.0 Å². The number of halogens is 1. The van der Waals surface area contributed by atoms with Crippen molar-refractivity contribution < 1.29 is 18.7 Å². The highest BCUT2D eigenvalue weighted by Gasteiger charge is 2.18. The number of hydrogen-bond donors (Lipinski definition) is 1. The Hall–Kier alpha value is -2.56. The number of nitrogen functional groups attached to an aromatic ring is 1. The Bertz CT molecular complexity index is 656. The van der Waals surface area contributed by atoms with Crippen LogP contribution in [0.2, 0.25) is 0 Å². The van der Waals surface area contributed by atoms with Gasteiger partial charge >= 0.3 is 0 Å². The maximum atomic E-state index is 13.3. The molecule has 0 aromatic heterocycles. The quantitative estimate of drug-likeness (QED) is 0.688. The summed E-state index contributed by atoms with van der Waals surface area (Å²) >= 11 is 0. The van der Waals surface area contributed by atoms with Crippen LogP contribution < -0.4 is 15.2 Å². The lowest BCUT2D eigenvalue weighted by atomic mass is 10.0. The average Bonchev–Trinajstić information content (AvgIpc) is 2.48. The molecule has 0 saturated heterocycles. The fraction of sp³-hybridized carbons (Fsp3) is 0.133. The molecule has 0 aliphatic rings. The number of methoxy groups -OCH3 is 2. The molecule has 0 saturated carbocycles. The molecular weight excluding hydrogens is 261 g/mol. The zero-order valence-electron chi connectivity index (χ0n) is 11.1. The summed E-state index contributed by atoms with van der Waals surface area (Å²) in [7, 11) is 2.94. The molecule has 0 aliphatic carbocycles. The van der Waals surface area contributed by atoms with Crippen molar-refractivity contribution in [3.05, 3.63) is 53.3 Å². The van der Waals surface area contributed by atoms with Gasteiger partial charge in [0.05, 0.1) is 19.8 Å². The number of ketones is 1. The summed E-state index contributed by atoms with van der Waals surface area (Å²) in [4.78, 5) is 12.5. The van der Waals surface area contributed by atoms with Gasteiger partial charge in [-0.1, -0.05) is 0 Å². The van der Waals surface area contributed by atoms with Crippen molar-refractivity contribution in [3.8, 4) is 11.5 Å². The Labute approximate surface area is 115 Å². The summed E-state index contributed by atoms with van der Waals surface area (Å²) in [5, 5.41) is 0. The summed E-state index contributed by atoms with van der Waals surface area (Å²) in [6.45, 7) is 0. The highest BCUT2D eigenvalue weighted by Crippen LogP contribution is 2.28. The number of carbonyl (C=O) groups excluding carboxylic acids is 1. The Balaban J connectivity index is 2.54. The molecular formula is C15H14FNO3. The number of rotatable bonds is 4. The number of nitrogens with two attached hydrogens (primary N) is 1. The van der Waals surface area contributed by atoms with E-state index in [4.69, 9.17) is 15.2 Å². The van der Waals surface area contributed by atoms with Gasteiger partial charge < -0.3 is 15.2 Å². The highest BCUT2D eigenvalue weighted by atomic mass is 19.1. The standard InChI is InChI=1S/C15H14FNO3/c1-19-10-4-6-14(20-2)12(8-10)15(18)11-7-9(16)3-5-13(11)17/h3-8H,17H2,1-2H3. The SMILES string of the molecule is COc1ccc(OC)c(C(=O)c2cc(F)ccc2N)c1. The molecule has 0 bridgehead atoms. The van der Waals surface area contributed by atoms with E-state index in [9.17, 15) is 9.18 Å². The van der Waals surface area contributed by atoms with Crippen LogP contribution in [0.1, 0.15) is 15.9 Å². The molecule has 4 nitrogen and oxygen atoms in total. The van der Waals surface area contributed by atoms with Crippen LogP contribution in [0.25, 0.3) is 0 Å². The van der Waals surface area contributed by atoms with Crippen molar-refractivity contribution in [3.63, 3.8) is 0 Å². The van der Waals surface area contributed by atoms with E-state index < -0.39 is 11.6 Å². The van der Waals surface area contributed by atoms with E-state index in [1.165, 1.54) is 32.4 Å². The third kappa shape index (κ3) is 2.56. The van der Waals surface area contributed by atoms with Crippen molar-refractivity contribution in [1.82, 2.24) is 0 Å². The lowest BCUT2D eigenvalue weighted by Gasteiger charge is -2.11. The Morgan fingerprint density at radius 3 is 2.45 bits per heavy atom. The molecule has 0 aliphatic heterocycles. The molecule has 0 heterocycles. The normalized spacial score (nSPS) is 10.2. The van der Waals surface area contributed by atoms with Gasteiger partial charge in [-0.2, -0.15) is 0 Å². The Morgan fingerprint density at radius 2 is 1.80 bits per heavy atom. The summed E-state index contributed by atoms with van der Waals surface area (Å²) in [6.07, 6.45) is 0. The van der Waals surface area contributed by atoms with Gasteiger partial charge in [0, 0.05) is 11.3 Å². The van der Waals surface area contributed by atoms with E-state index in [1.807, 2.05) is 0 Å². The van der Waals surface area contributed by atoms with Crippen LogP contribution in [0.5, 0.6) is 11.5 Å². The molecule has 0 unspecified atom stereocenters. The van der Waals surface area contributed by atoms with E-state index in [1.54, 1.807) is 12.1 Å². The monoisotopic (exact) mass is 275 g/mol. The molecule has 0 fully saturated rings. The van der Waals surface area contributed by atoms with Gasteiger partial charge in [-0.15, -0.1) is 0 Å². The lowest BCUT2D eigenvalue weighted by Crippen LogP contribution is -2.08. The van der Waals surface area contributed by atoms with Gasteiger partial charge in [0.2, 0.25) is 0 Å². The predicted molar refractivity (Wildman–Crippen MR) is 73.8 cm³/mol. The third-order valence-corrected chi connectivity index (χ3v) is 2.91. The minimum Gasteiger partial charge on any atom is -0.497 e. The second-order valence-electron chi connectivity index (χ2n) is 4.13. The van der Waals surface area contributed by atoms with Crippen molar-refractivity contribution in [2.45, 2.75) is 0 Å².